The first-order chi connectivity index (χ1) is 13.2. The Morgan fingerprint density at radius 3 is 2.52 bits per heavy atom. The normalized spacial score (nSPS) is 24.2. The summed E-state index contributed by atoms with van der Waals surface area (Å²) in [5.41, 5.74) is 4.82. The van der Waals surface area contributed by atoms with Gasteiger partial charge in [-0.25, -0.2) is 4.98 Å². The predicted octanol–water partition coefficient (Wildman–Crippen LogP) is 5.87. The minimum absolute atomic E-state index is 0.311. The van der Waals surface area contributed by atoms with Gasteiger partial charge in [0.1, 0.15) is 0 Å². The second-order valence-electron chi connectivity index (χ2n) is 8.25. The molecular formula is C23H25ClN2O. The number of hydrogen-bond acceptors (Lipinski definition) is 2. The summed E-state index contributed by atoms with van der Waals surface area (Å²) >= 11 is 6.17. The van der Waals surface area contributed by atoms with Crippen LogP contribution in [0.1, 0.15) is 73.3 Å². The quantitative estimate of drug-likeness (QED) is 0.614. The molecule has 2 aliphatic carbocycles. The molecule has 4 heteroatoms. The average molecular weight is 381 g/mol. The highest BCUT2D eigenvalue weighted by molar-refractivity contribution is 6.30. The number of nitrogens with zero attached hydrogens (tertiary/aromatic N) is 2. The van der Waals surface area contributed by atoms with Crippen molar-refractivity contribution in [1.82, 2.24) is 9.38 Å². The Balaban J connectivity index is 1.38. The lowest BCUT2D eigenvalue weighted by Gasteiger charge is -2.33. The number of aromatic nitrogens is 2. The number of pyridine rings is 1. The largest absolute Gasteiger partial charge is 0.387 e. The van der Waals surface area contributed by atoms with Crippen LogP contribution in [0, 0.1) is 5.92 Å². The number of aliphatic hydroxyl groups excluding tert-OH is 1. The zero-order chi connectivity index (χ0) is 18.4. The molecule has 0 radical (unpaired) electrons. The van der Waals surface area contributed by atoms with Crippen molar-refractivity contribution in [2.75, 3.05) is 0 Å². The van der Waals surface area contributed by atoms with Crippen LogP contribution >= 0.6 is 11.6 Å². The molecule has 0 saturated heterocycles. The van der Waals surface area contributed by atoms with Gasteiger partial charge < -0.3 is 9.51 Å². The van der Waals surface area contributed by atoms with Gasteiger partial charge in [0.25, 0.3) is 0 Å². The molecule has 140 valence electrons. The van der Waals surface area contributed by atoms with Crippen LogP contribution in [0.25, 0.3) is 5.52 Å². The van der Waals surface area contributed by atoms with Crippen molar-refractivity contribution in [3.05, 3.63) is 70.8 Å². The highest BCUT2D eigenvalue weighted by Crippen LogP contribution is 2.47. The molecule has 1 atom stereocenters. The molecule has 1 aromatic carbocycles. The topological polar surface area (TPSA) is 37.5 Å². The van der Waals surface area contributed by atoms with Gasteiger partial charge in [-0.05, 0) is 85.6 Å². The fraction of sp³-hybridized carbons (Fsp3) is 0.435. The van der Waals surface area contributed by atoms with Crippen molar-refractivity contribution < 1.29 is 5.11 Å². The summed E-state index contributed by atoms with van der Waals surface area (Å²) in [7, 11) is 0. The molecule has 0 amide bonds. The van der Waals surface area contributed by atoms with E-state index in [4.69, 9.17) is 11.6 Å². The van der Waals surface area contributed by atoms with E-state index in [1.165, 1.54) is 24.0 Å². The summed E-state index contributed by atoms with van der Waals surface area (Å²) in [5, 5.41) is 12.2. The molecule has 1 N–H and O–H groups in total. The summed E-state index contributed by atoms with van der Waals surface area (Å²) in [4.78, 5) is 4.31. The van der Waals surface area contributed by atoms with Gasteiger partial charge >= 0.3 is 0 Å². The maximum absolute atomic E-state index is 11.4. The summed E-state index contributed by atoms with van der Waals surface area (Å²) in [6, 6.07) is 12.6. The average Bonchev–Trinajstić information content (AvgIpc) is 3.43. The molecule has 2 fully saturated rings. The Hall–Kier alpha value is -1.84. The lowest BCUT2D eigenvalue weighted by molar-refractivity contribution is 0.0754. The SMILES string of the molecule is O[C@@H](c1c(C2CC2)ccc2cncn12)[C@H]1CC[C@H](c2cccc(Cl)c2)CC1. The van der Waals surface area contributed by atoms with Gasteiger partial charge in [0, 0.05) is 5.02 Å². The Labute approximate surface area is 165 Å². The number of imidazole rings is 1. The third-order valence-electron chi connectivity index (χ3n) is 6.49. The molecule has 3 nitrogen and oxygen atoms in total. The monoisotopic (exact) mass is 380 g/mol. The lowest BCUT2D eigenvalue weighted by atomic mass is 9.75. The van der Waals surface area contributed by atoms with Crippen molar-refractivity contribution >= 4 is 17.1 Å². The molecule has 2 aromatic heterocycles. The fourth-order valence-corrected chi connectivity index (χ4v) is 5.03. The maximum atomic E-state index is 11.4. The fourth-order valence-electron chi connectivity index (χ4n) is 4.83. The lowest BCUT2D eigenvalue weighted by Crippen LogP contribution is -2.22. The zero-order valence-electron chi connectivity index (χ0n) is 15.4. The summed E-state index contributed by atoms with van der Waals surface area (Å²) in [5.74, 6) is 1.48. The first-order valence-corrected chi connectivity index (χ1v) is 10.5. The van der Waals surface area contributed by atoms with Crippen molar-refractivity contribution in [3.8, 4) is 0 Å². The molecule has 2 heterocycles. The molecule has 27 heavy (non-hydrogen) atoms. The molecular weight excluding hydrogens is 356 g/mol. The Bertz CT molecular complexity index is 954. The molecule has 0 aliphatic heterocycles. The predicted molar refractivity (Wildman–Crippen MR) is 108 cm³/mol. The highest BCUT2D eigenvalue weighted by Gasteiger charge is 2.34. The Kier molecular flexibility index (Phi) is 4.45. The van der Waals surface area contributed by atoms with Crippen LogP contribution in [-0.4, -0.2) is 14.5 Å². The third kappa shape index (κ3) is 3.28. The third-order valence-corrected chi connectivity index (χ3v) is 6.73. The van der Waals surface area contributed by atoms with Crippen LogP contribution in [0.5, 0.6) is 0 Å². The minimum Gasteiger partial charge on any atom is -0.387 e. The number of halogens is 1. The molecule has 5 rings (SSSR count). The van der Waals surface area contributed by atoms with E-state index in [1.54, 1.807) is 0 Å². The molecule has 0 spiro atoms. The summed E-state index contributed by atoms with van der Waals surface area (Å²) in [6.07, 6.45) is 10.1. The second kappa shape index (κ2) is 6.96. The van der Waals surface area contributed by atoms with E-state index in [9.17, 15) is 5.11 Å². The molecule has 0 bridgehead atoms. The number of aliphatic hydroxyl groups is 1. The Morgan fingerprint density at radius 2 is 1.78 bits per heavy atom. The highest BCUT2D eigenvalue weighted by atomic mass is 35.5. The summed E-state index contributed by atoms with van der Waals surface area (Å²) in [6.45, 7) is 0. The van der Waals surface area contributed by atoms with E-state index in [0.717, 1.165) is 41.9 Å². The van der Waals surface area contributed by atoms with E-state index >= 15 is 0 Å². The van der Waals surface area contributed by atoms with Crippen molar-refractivity contribution in [3.63, 3.8) is 0 Å². The zero-order valence-corrected chi connectivity index (χ0v) is 16.1. The standard InChI is InChI=1S/C23H25ClN2O/c24-19-3-1-2-18(12-19)15-4-8-17(9-5-15)23(27)22-21(16-6-7-16)11-10-20-13-25-14-26(20)22/h1-3,10-17,23,27H,4-9H2/t15-,17-,23-/m1/s1. The van der Waals surface area contributed by atoms with Crippen LogP contribution in [-0.2, 0) is 0 Å². The van der Waals surface area contributed by atoms with E-state index < -0.39 is 6.10 Å². The van der Waals surface area contributed by atoms with Crippen LogP contribution in [0.3, 0.4) is 0 Å². The number of fused-ring (bicyclic) bond motifs is 1. The summed E-state index contributed by atoms with van der Waals surface area (Å²) < 4.78 is 2.11. The van der Waals surface area contributed by atoms with Gasteiger partial charge in [-0.1, -0.05) is 29.8 Å². The van der Waals surface area contributed by atoms with E-state index in [2.05, 4.69) is 33.7 Å². The Morgan fingerprint density at radius 1 is 1.00 bits per heavy atom. The van der Waals surface area contributed by atoms with Crippen molar-refractivity contribution in [1.29, 1.82) is 0 Å². The van der Waals surface area contributed by atoms with Crippen LogP contribution in [0.15, 0.2) is 48.9 Å². The molecule has 2 saturated carbocycles. The molecule has 3 aromatic rings. The first-order valence-electron chi connectivity index (χ1n) is 10.1. The number of benzene rings is 1. The second-order valence-corrected chi connectivity index (χ2v) is 8.68. The van der Waals surface area contributed by atoms with Gasteiger partial charge in [-0.2, -0.15) is 0 Å². The number of hydrogen-bond donors (Lipinski definition) is 1. The van der Waals surface area contributed by atoms with Crippen molar-refractivity contribution in [2.45, 2.75) is 56.5 Å². The van der Waals surface area contributed by atoms with Crippen LogP contribution < -0.4 is 0 Å². The van der Waals surface area contributed by atoms with Gasteiger partial charge in [0.05, 0.1) is 29.8 Å². The maximum Gasteiger partial charge on any atom is 0.0995 e. The minimum atomic E-state index is -0.418. The van der Waals surface area contributed by atoms with Gasteiger partial charge in [0.15, 0.2) is 0 Å². The van der Waals surface area contributed by atoms with Crippen molar-refractivity contribution in [2.24, 2.45) is 5.92 Å². The van der Waals surface area contributed by atoms with Gasteiger partial charge in [0.2, 0.25) is 0 Å². The molecule has 2 aliphatic rings. The number of rotatable bonds is 4. The van der Waals surface area contributed by atoms with E-state index in [1.807, 2.05) is 24.7 Å². The van der Waals surface area contributed by atoms with Crippen LogP contribution in [0.2, 0.25) is 5.02 Å². The van der Waals surface area contributed by atoms with E-state index in [-0.39, 0.29) is 0 Å². The van der Waals surface area contributed by atoms with Gasteiger partial charge in [-0.3, -0.25) is 0 Å². The van der Waals surface area contributed by atoms with Gasteiger partial charge in [-0.15, -0.1) is 0 Å². The smallest absolute Gasteiger partial charge is 0.0995 e. The van der Waals surface area contributed by atoms with Crippen LogP contribution in [0.4, 0.5) is 0 Å². The molecule has 0 unspecified atom stereocenters. The first kappa shape index (κ1) is 17.3. The van der Waals surface area contributed by atoms with E-state index in [0.29, 0.717) is 17.8 Å².